The highest BCUT2D eigenvalue weighted by atomic mass is 16.5. The normalized spacial score (nSPS) is 12.4. The van der Waals surface area contributed by atoms with Gasteiger partial charge in [0.25, 0.3) is 0 Å². The van der Waals surface area contributed by atoms with E-state index in [-0.39, 0.29) is 5.92 Å². The first-order chi connectivity index (χ1) is 5.11. The lowest BCUT2D eigenvalue weighted by atomic mass is 10.1. The molecule has 4 heteroatoms. The van der Waals surface area contributed by atoms with Crippen molar-refractivity contribution in [2.24, 2.45) is 5.92 Å². The quantitative estimate of drug-likeness (QED) is 0.612. The highest BCUT2D eigenvalue weighted by Crippen LogP contribution is 1.97. The number of aldehydes is 1. The van der Waals surface area contributed by atoms with Gasteiger partial charge in [0.05, 0.1) is 13.2 Å². The van der Waals surface area contributed by atoms with Crippen molar-refractivity contribution in [3.05, 3.63) is 0 Å². The van der Waals surface area contributed by atoms with Crippen LogP contribution in [0, 0.1) is 5.92 Å². The molecule has 0 aromatic carbocycles. The molecule has 0 aliphatic carbocycles. The minimum Gasteiger partial charge on any atom is -0.453 e. The number of methoxy groups -OCH3 is 1. The third-order valence-corrected chi connectivity index (χ3v) is 1.33. The molecule has 64 valence electrons. The van der Waals surface area contributed by atoms with E-state index in [4.69, 9.17) is 0 Å². The molecular formula is C7H13NO3. The molecule has 0 aromatic rings. The minimum atomic E-state index is -0.573. The van der Waals surface area contributed by atoms with Gasteiger partial charge in [-0.1, -0.05) is 13.8 Å². The third kappa shape index (κ3) is 3.60. The van der Waals surface area contributed by atoms with E-state index in [2.05, 4.69) is 10.1 Å². The Morgan fingerprint density at radius 3 is 2.36 bits per heavy atom. The van der Waals surface area contributed by atoms with E-state index in [0.717, 1.165) is 0 Å². The number of carbonyl (C=O) groups excluding carboxylic acids is 2. The number of hydrogen-bond donors (Lipinski definition) is 1. The standard InChI is InChI=1S/C7H13NO3/c1-5(2)6(4-9)8-7(10)11-3/h4-6H,1-3H3,(H,8,10)/t6-/m0/s1. The molecule has 0 aliphatic rings. The number of alkyl carbamates (subject to hydrolysis) is 1. The molecule has 0 saturated heterocycles. The fraction of sp³-hybridized carbons (Fsp3) is 0.714. The summed E-state index contributed by atoms with van der Waals surface area (Å²) in [5, 5.41) is 2.39. The Balaban J connectivity index is 3.87. The molecule has 11 heavy (non-hydrogen) atoms. The molecule has 0 fully saturated rings. The molecule has 0 saturated carbocycles. The van der Waals surface area contributed by atoms with Crippen LogP contribution < -0.4 is 5.32 Å². The third-order valence-electron chi connectivity index (χ3n) is 1.33. The number of nitrogens with one attached hydrogen (secondary N) is 1. The zero-order valence-electron chi connectivity index (χ0n) is 6.96. The molecule has 0 bridgehead atoms. The summed E-state index contributed by atoms with van der Waals surface area (Å²) in [4.78, 5) is 20.9. The second kappa shape index (κ2) is 4.71. The first kappa shape index (κ1) is 9.94. The second-order valence-corrected chi connectivity index (χ2v) is 2.54. The second-order valence-electron chi connectivity index (χ2n) is 2.54. The molecule has 4 nitrogen and oxygen atoms in total. The van der Waals surface area contributed by atoms with Crippen LogP contribution in [0.25, 0.3) is 0 Å². The van der Waals surface area contributed by atoms with Crippen LogP contribution in [0.15, 0.2) is 0 Å². The maximum Gasteiger partial charge on any atom is 0.407 e. The molecule has 1 atom stereocenters. The van der Waals surface area contributed by atoms with E-state index < -0.39 is 12.1 Å². The van der Waals surface area contributed by atoms with Crippen molar-refractivity contribution in [3.8, 4) is 0 Å². The fourth-order valence-electron chi connectivity index (χ4n) is 0.553. The molecule has 0 radical (unpaired) electrons. The van der Waals surface area contributed by atoms with E-state index in [1.54, 1.807) is 0 Å². The number of ether oxygens (including phenoxy) is 1. The van der Waals surface area contributed by atoms with Gasteiger partial charge in [0.15, 0.2) is 0 Å². The SMILES string of the molecule is COC(=O)N[C@@H](C=O)C(C)C. The van der Waals surface area contributed by atoms with Crippen molar-refractivity contribution >= 4 is 12.4 Å². The summed E-state index contributed by atoms with van der Waals surface area (Å²) in [5.41, 5.74) is 0. The lowest BCUT2D eigenvalue weighted by Crippen LogP contribution is -2.39. The number of rotatable bonds is 3. The Morgan fingerprint density at radius 1 is 1.55 bits per heavy atom. The smallest absolute Gasteiger partial charge is 0.407 e. The van der Waals surface area contributed by atoms with Crippen LogP contribution in [0.3, 0.4) is 0 Å². The lowest BCUT2D eigenvalue weighted by Gasteiger charge is -2.14. The maximum absolute atomic E-state index is 10.6. The lowest BCUT2D eigenvalue weighted by molar-refractivity contribution is -0.110. The Morgan fingerprint density at radius 2 is 2.09 bits per heavy atom. The van der Waals surface area contributed by atoms with Crippen molar-refractivity contribution in [3.63, 3.8) is 0 Å². The summed E-state index contributed by atoms with van der Waals surface area (Å²) in [6.07, 6.45) is 0.123. The molecule has 0 unspecified atom stereocenters. The average molecular weight is 159 g/mol. The van der Waals surface area contributed by atoms with Gasteiger partial charge in [-0.3, -0.25) is 0 Å². The zero-order valence-corrected chi connectivity index (χ0v) is 6.96. The minimum absolute atomic E-state index is 0.0894. The van der Waals surface area contributed by atoms with E-state index in [9.17, 15) is 9.59 Å². The van der Waals surface area contributed by atoms with Gasteiger partial charge in [-0.25, -0.2) is 4.79 Å². The predicted molar refractivity (Wildman–Crippen MR) is 40.2 cm³/mol. The van der Waals surface area contributed by atoms with Crippen LogP contribution in [0.5, 0.6) is 0 Å². The van der Waals surface area contributed by atoms with Crippen molar-refractivity contribution in [1.29, 1.82) is 0 Å². The summed E-state index contributed by atoms with van der Waals surface area (Å²) in [6.45, 7) is 3.68. The first-order valence-electron chi connectivity index (χ1n) is 3.41. The summed E-state index contributed by atoms with van der Waals surface area (Å²) < 4.78 is 4.32. The molecular weight excluding hydrogens is 146 g/mol. The van der Waals surface area contributed by atoms with Gasteiger partial charge >= 0.3 is 6.09 Å². The summed E-state index contributed by atoms with van der Waals surface area (Å²) >= 11 is 0. The molecule has 0 aliphatic heterocycles. The van der Waals surface area contributed by atoms with Crippen molar-refractivity contribution in [2.75, 3.05) is 7.11 Å². The van der Waals surface area contributed by atoms with Gasteiger partial charge in [-0.2, -0.15) is 0 Å². The Labute approximate surface area is 65.9 Å². The molecule has 1 N–H and O–H groups in total. The van der Waals surface area contributed by atoms with Gasteiger partial charge in [-0.05, 0) is 5.92 Å². The summed E-state index contributed by atoms with van der Waals surface area (Å²) in [5.74, 6) is 0.0894. The monoisotopic (exact) mass is 159 g/mol. The van der Waals surface area contributed by atoms with Crippen LogP contribution in [0.4, 0.5) is 4.79 Å². The first-order valence-corrected chi connectivity index (χ1v) is 3.41. The largest absolute Gasteiger partial charge is 0.453 e. The molecule has 0 spiro atoms. The molecule has 0 heterocycles. The van der Waals surface area contributed by atoms with E-state index in [1.807, 2.05) is 13.8 Å². The Bertz CT molecular complexity index is 145. The average Bonchev–Trinajstić information content (AvgIpc) is 1.99. The van der Waals surface area contributed by atoms with Crippen molar-refractivity contribution < 1.29 is 14.3 Å². The van der Waals surface area contributed by atoms with Gasteiger partial charge in [0.2, 0.25) is 0 Å². The molecule has 1 amide bonds. The molecule has 0 aromatic heterocycles. The zero-order chi connectivity index (χ0) is 8.85. The van der Waals surface area contributed by atoms with Crippen molar-refractivity contribution in [2.45, 2.75) is 19.9 Å². The van der Waals surface area contributed by atoms with Crippen LogP contribution >= 0.6 is 0 Å². The highest BCUT2D eigenvalue weighted by Gasteiger charge is 2.14. The topological polar surface area (TPSA) is 55.4 Å². The van der Waals surface area contributed by atoms with Crippen LogP contribution in [0.2, 0.25) is 0 Å². The van der Waals surface area contributed by atoms with E-state index in [1.165, 1.54) is 7.11 Å². The fourth-order valence-corrected chi connectivity index (χ4v) is 0.553. The molecule has 0 rings (SSSR count). The van der Waals surface area contributed by atoms with Gasteiger partial charge in [0.1, 0.15) is 6.29 Å². The Kier molecular flexibility index (Phi) is 4.26. The van der Waals surface area contributed by atoms with Crippen LogP contribution in [-0.4, -0.2) is 25.5 Å². The maximum atomic E-state index is 10.6. The van der Waals surface area contributed by atoms with E-state index in [0.29, 0.717) is 6.29 Å². The van der Waals surface area contributed by atoms with Gasteiger partial charge in [-0.15, -0.1) is 0 Å². The van der Waals surface area contributed by atoms with Crippen LogP contribution in [-0.2, 0) is 9.53 Å². The van der Waals surface area contributed by atoms with Gasteiger partial charge in [0, 0.05) is 0 Å². The number of hydrogen-bond acceptors (Lipinski definition) is 3. The summed E-state index contributed by atoms with van der Waals surface area (Å²) in [7, 11) is 1.26. The predicted octanol–water partition coefficient (Wildman–Crippen LogP) is 0.566. The Hall–Kier alpha value is -1.06. The van der Waals surface area contributed by atoms with Crippen molar-refractivity contribution in [1.82, 2.24) is 5.32 Å². The van der Waals surface area contributed by atoms with Gasteiger partial charge < -0.3 is 14.8 Å². The number of amides is 1. The summed E-state index contributed by atoms with van der Waals surface area (Å²) in [6, 6.07) is -0.456. The van der Waals surface area contributed by atoms with Crippen LogP contribution in [0.1, 0.15) is 13.8 Å². The highest BCUT2D eigenvalue weighted by molar-refractivity contribution is 5.73. The van der Waals surface area contributed by atoms with E-state index >= 15 is 0 Å². The number of carbonyl (C=O) groups is 2.